The number of aromatic nitrogens is 2. The number of nitrogens with two attached hydrogens (primary N) is 1. The summed E-state index contributed by atoms with van der Waals surface area (Å²) in [6.07, 6.45) is 2.11. The second kappa shape index (κ2) is 5.45. The van der Waals surface area contributed by atoms with Crippen molar-refractivity contribution < 1.29 is 0 Å². The Bertz CT molecular complexity index is 737. The molecule has 124 valence electrons. The first-order valence-electron chi connectivity index (χ1n) is 8.93. The molecule has 2 fully saturated rings. The van der Waals surface area contributed by atoms with Crippen molar-refractivity contribution in [3.63, 3.8) is 0 Å². The second-order valence-corrected chi connectivity index (χ2v) is 7.47. The Kier molecular flexibility index (Phi) is 3.23. The number of benzene rings is 1. The van der Waals surface area contributed by atoms with Crippen LogP contribution in [0, 0.1) is 11.8 Å². The minimum atomic E-state index is 0.411. The van der Waals surface area contributed by atoms with Gasteiger partial charge < -0.3 is 16.0 Å². The van der Waals surface area contributed by atoms with Crippen LogP contribution in [0.2, 0.25) is 0 Å². The Balaban J connectivity index is 1.41. The van der Waals surface area contributed by atoms with Crippen LogP contribution in [0.3, 0.4) is 0 Å². The molecule has 1 aromatic heterocycles. The summed E-state index contributed by atoms with van der Waals surface area (Å²) in [6, 6.07) is 10.9. The molecule has 0 saturated carbocycles. The SMILES string of the molecule is Nc1nc(C2Cc3ccccc3C2)cc(N2C[C@H]3CNC[C@H]3C2)n1. The van der Waals surface area contributed by atoms with E-state index in [4.69, 9.17) is 5.73 Å². The third kappa shape index (κ3) is 2.35. The third-order valence-electron chi connectivity index (χ3n) is 5.93. The smallest absolute Gasteiger partial charge is 0.222 e. The van der Waals surface area contributed by atoms with Gasteiger partial charge in [-0.3, -0.25) is 0 Å². The van der Waals surface area contributed by atoms with Gasteiger partial charge in [-0.1, -0.05) is 24.3 Å². The van der Waals surface area contributed by atoms with Crippen molar-refractivity contribution in [3.8, 4) is 0 Å². The van der Waals surface area contributed by atoms with Gasteiger partial charge in [0.05, 0.1) is 5.69 Å². The fourth-order valence-corrected chi connectivity index (χ4v) is 4.65. The first-order chi connectivity index (χ1) is 11.8. The lowest BCUT2D eigenvalue weighted by molar-refractivity contribution is 0.533. The van der Waals surface area contributed by atoms with Crippen LogP contribution in [0.5, 0.6) is 0 Å². The van der Waals surface area contributed by atoms with Gasteiger partial charge in [-0.25, -0.2) is 4.98 Å². The second-order valence-electron chi connectivity index (χ2n) is 7.47. The molecule has 1 aliphatic carbocycles. The molecule has 0 bridgehead atoms. The van der Waals surface area contributed by atoms with Crippen LogP contribution in [0.4, 0.5) is 11.8 Å². The van der Waals surface area contributed by atoms with E-state index in [1.165, 1.54) is 11.1 Å². The monoisotopic (exact) mass is 321 g/mol. The summed E-state index contributed by atoms with van der Waals surface area (Å²) >= 11 is 0. The lowest BCUT2D eigenvalue weighted by atomic mass is 10.0. The molecule has 2 saturated heterocycles. The molecule has 5 rings (SSSR count). The highest BCUT2D eigenvalue weighted by Crippen LogP contribution is 2.35. The molecule has 3 N–H and O–H groups in total. The average Bonchev–Trinajstić information content (AvgIpc) is 3.27. The summed E-state index contributed by atoms with van der Waals surface area (Å²) in [4.78, 5) is 11.5. The van der Waals surface area contributed by atoms with Crippen LogP contribution in [-0.2, 0) is 12.8 Å². The zero-order chi connectivity index (χ0) is 16.1. The topological polar surface area (TPSA) is 67.1 Å². The molecule has 1 aromatic carbocycles. The van der Waals surface area contributed by atoms with Gasteiger partial charge in [-0.15, -0.1) is 0 Å². The maximum atomic E-state index is 6.05. The lowest BCUT2D eigenvalue weighted by Crippen LogP contribution is -2.26. The fraction of sp³-hybridized carbons (Fsp3) is 0.474. The Morgan fingerprint density at radius 2 is 1.67 bits per heavy atom. The molecular weight excluding hydrogens is 298 g/mol. The minimum Gasteiger partial charge on any atom is -0.368 e. The Labute approximate surface area is 142 Å². The Hall–Kier alpha value is -2.14. The Morgan fingerprint density at radius 3 is 2.33 bits per heavy atom. The maximum absolute atomic E-state index is 6.05. The van der Waals surface area contributed by atoms with E-state index in [0.29, 0.717) is 11.9 Å². The van der Waals surface area contributed by atoms with Crippen LogP contribution < -0.4 is 16.0 Å². The van der Waals surface area contributed by atoms with Crippen molar-refractivity contribution in [2.45, 2.75) is 18.8 Å². The van der Waals surface area contributed by atoms with Gasteiger partial charge in [0.2, 0.25) is 5.95 Å². The summed E-state index contributed by atoms with van der Waals surface area (Å²) in [5.41, 5.74) is 10.0. The molecule has 2 aliphatic heterocycles. The van der Waals surface area contributed by atoms with E-state index in [2.05, 4.69) is 50.5 Å². The molecule has 2 aromatic rings. The molecule has 0 amide bonds. The van der Waals surface area contributed by atoms with Crippen molar-refractivity contribution in [1.29, 1.82) is 0 Å². The Morgan fingerprint density at radius 1 is 1.00 bits per heavy atom. The van der Waals surface area contributed by atoms with Gasteiger partial charge >= 0.3 is 0 Å². The van der Waals surface area contributed by atoms with Crippen LogP contribution >= 0.6 is 0 Å². The fourth-order valence-electron chi connectivity index (χ4n) is 4.65. The zero-order valence-corrected chi connectivity index (χ0v) is 13.8. The molecule has 3 heterocycles. The minimum absolute atomic E-state index is 0.411. The van der Waals surface area contributed by atoms with Crippen LogP contribution in [0.15, 0.2) is 30.3 Å². The van der Waals surface area contributed by atoms with Gasteiger partial charge in [0.15, 0.2) is 0 Å². The highest BCUT2D eigenvalue weighted by Gasteiger charge is 2.37. The first kappa shape index (κ1) is 14.2. The molecule has 3 aliphatic rings. The molecule has 5 nitrogen and oxygen atoms in total. The number of hydrogen-bond acceptors (Lipinski definition) is 5. The molecular formula is C19H23N5. The van der Waals surface area contributed by atoms with Crippen molar-refractivity contribution in [3.05, 3.63) is 47.2 Å². The summed E-state index contributed by atoms with van der Waals surface area (Å²) in [5.74, 6) is 3.35. The average molecular weight is 321 g/mol. The number of nitrogen functional groups attached to an aromatic ring is 1. The van der Waals surface area contributed by atoms with E-state index in [1.54, 1.807) is 0 Å². The number of rotatable bonds is 2. The molecule has 2 atom stereocenters. The molecule has 0 unspecified atom stereocenters. The lowest BCUT2D eigenvalue weighted by Gasteiger charge is -2.20. The normalized spacial score (nSPS) is 25.9. The van der Waals surface area contributed by atoms with E-state index in [-0.39, 0.29) is 0 Å². The van der Waals surface area contributed by atoms with Crippen LogP contribution in [0.1, 0.15) is 22.7 Å². The number of hydrogen-bond donors (Lipinski definition) is 2. The number of fused-ring (bicyclic) bond motifs is 2. The van der Waals surface area contributed by atoms with Crippen LogP contribution in [0.25, 0.3) is 0 Å². The van der Waals surface area contributed by atoms with Crippen molar-refractivity contribution in [1.82, 2.24) is 15.3 Å². The predicted octanol–water partition coefficient (Wildman–Crippen LogP) is 1.60. The molecule has 0 spiro atoms. The molecule has 5 heteroatoms. The number of nitrogens with zero attached hydrogens (tertiary/aromatic N) is 3. The molecule has 24 heavy (non-hydrogen) atoms. The van der Waals surface area contributed by atoms with Gasteiger partial charge in [-0.2, -0.15) is 4.98 Å². The van der Waals surface area contributed by atoms with Crippen LogP contribution in [-0.4, -0.2) is 36.1 Å². The van der Waals surface area contributed by atoms with Gasteiger partial charge in [-0.05, 0) is 35.8 Å². The van der Waals surface area contributed by atoms with E-state index in [0.717, 1.165) is 62.4 Å². The highest BCUT2D eigenvalue weighted by molar-refractivity contribution is 5.47. The maximum Gasteiger partial charge on any atom is 0.222 e. The van der Waals surface area contributed by atoms with Crippen molar-refractivity contribution in [2.24, 2.45) is 11.8 Å². The van der Waals surface area contributed by atoms with E-state index in [9.17, 15) is 0 Å². The van der Waals surface area contributed by atoms with Gasteiger partial charge in [0.1, 0.15) is 5.82 Å². The summed E-state index contributed by atoms with van der Waals surface area (Å²) in [5, 5.41) is 3.49. The van der Waals surface area contributed by atoms with Crippen molar-refractivity contribution >= 4 is 11.8 Å². The third-order valence-corrected chi connectivity index (χ3v) is 5.93. The van der Waals surface area contributed by atoms with E-state index < -0.39 is 0 Å². The van der Waals surface area contributed by atoms with Gasteiger partial charge in [0, 0.05) is 38.2 Å². The highest BCUT2D eigenvalue weighted by atomic mass is 15.2. The molecule has 0 radical (unpaired) electrons. The predicted molar refractivity (Wildman–Crippen MR) is 95.1 cm³/mol. The first-order valence-corrected chi connectivity index (χ1v) is 8.93. The summed E-state index contributed by atoms with van der Waals surface area (Å²) in [6.45, 7) is 4.43. The summed E-state index contributed by atoms with van der Waals surface area (Å²) in [7, 11) is 0. The largest absolute Gasteiger partial charge is 0.368 e. The van der Waals surface area contributed by atoms with Crippen molar-refractivity contribution in [2.75, 3.05) is 36.8 Å². The zero-order valence-electron chi connectivity index (χ0n) is 13.8. The summed E-state index contributed by atoms with van der Waals surface area (Å²) < 4.78 is 0. The number of nitrogens with one attached hydrogen (secondary N) is 1. The standard InChI is InChI=1S/C19H23N5/c20-19-22-17(14-5-12-3-1-2-4-13(12)6-14)7-18(23-19)24-10-15-8-21-9-16(15)11-24/h1-4,7,14-16,21H,5-6,8-11H2,(H2,20,22,23)/t15-,16+. The quantitative estimate of drug-likeness (QED) is 0.879. The van der Waals surface area contributed by atoms with E-state index in [1.807, 2.05) is 0 Å². The number of anilines is 2. The van der Waals surface area contributed by atoms with E-state index >= 15 is 0 Å². The van der Waals surface area contributed by atoms with Gasteiger partial charge in [0.25, 0.3) is 0 Å².